The molecule has 1 N–H and O–H groups in total. The summed E-state index contributed by atoms with van der Waals surface area (Å²) in [6.45, 7) is 7.44. The zero-order valence-corrected chi connectivity index (χ0v) is 14.6. The lowest BCUT2D eigenvalue weighted by atomic mass is 10.1. The van der Waals surface area contributed by atoms with Gasteiger partial charge in [-0.15, -0.1) is 0 Å². The van der Waals surface area contributed by atoms with Gasteiger partial charge in [-0.25, -0.2) is 4.79 Å². The highest BCUT2D eigenvalue weighted by molar-refractivity contribution is 5.98. The van der Waals surface area contributed by atoms with E-state index >= 15 is 0 Å². The number of nitrogens with zero attached hydrogens (tertiary/aromatic N) is 1. The zero-order valence-electron chi connectivity index (χ0n) is 14.6. The molecular weight excluding hydrogens is 308 g/mol. The highest BCUT2D eigenvalue weighted by Crippen LogP contribution is 2.26. The Hall–Kier alpha value is -2.37. The number of hydrogen-bond donors (Lipinski definition) is 1. The van der Waals surface area contributed by atoms with Crippen molar-refractivity contribution in [1.29, 1.82) is 0 Å². The SMILES string of the molecule is CC(=O)c1cccc(N2CCC[C@H]2C(=O)NC(=O)OC(C)(C)C)c1. The van der Waals surface area contributed by atoms with E-state index in [2.05, 4.69) is 5.32 Å². The summed E-state index contributed by atoms with van der Waals surface area (Å²) in [5, 5.41) is 2.31. The Morgan fingerprint density at radius 2 is 1.96 bits per heavy atom. The van der Waals surface area contributed by atoms with Crippen LogP contribution in [0, 0.1) is 0 Å². The van der Waals surface area contributed by atoms with Crippen molar-refractivity contribution >= 4 is 23.5 Å². The molecule has 0 aromatic heterocycles. The standard InChI is InChI=1S/C18H24N2O4/c1-12(21)13-7-5-8-14(11-13)20-10-6-9-15(20)16(22)19-17(23)24-18(2,3)4/h5,7-8,11,15H,6,9-10H2,1-4H3,(H,19,22,23)/t15-/m0/s1. The van der Waals surface area contributed by atoms with E-state index in [9.17, 15) is 14.4 Å². The Morgan fingerprint density at radius 3 is 2.58 bits per heavy atom. The minimum Gasteiger partial charge on any atom is -0.444 e. The third-order valence-corrected chi connectivity index (χ3v) is 3.76. The molecule has 6 heteroatoms. The molecule has 1 aromatic carbocycles. The molecule has 0 bridgehead atoms. The molecule has 1 heterocycles. The van der Waals surface area contributed by atoms with Gasteiger partial charge in [0.05, 0.1) is 0 Å². The van der Waals surface area contributed by atoms with Gasteiger partial charge in [0.2, 0.25) is 0 Å². The van der Waals surface area contributed by atoms with Crippen LogP contribution in [0.2, 0.25) is 0 Å². The first-order valence-electron chi connectivity index (χ1n) is 8.09. The van der Waals surface area contributed by atoms with E-state index in [1.807, 2.05) is 11.0 Å². The molecule has 2 rings (SSSR count). The molecule has 130 valence electrons. The molecule has 1 saturated heterocycles. The third kappa shape index (κ3) is 4.57. The second-order valence-corrected chi connectivity index (χ2v) is 6.95. The van der Waals surface area contributed by atoms with E-state index in [0.29, 0.717) is 18.5 Å². The van der Waals surface area contributed by atoms with Crippen LogP contribution in [0.25, 0.3) is 0 Å². The molecule has 1 aromatic rings. The van der Waals surface area contributed by atoms with Crippen molar-refractivity contribution in [2.24, 2.45) is 0 Å². The fraction of sp³-hybridized carbons (Fsp3) is 0.500. The molecule has 0 saturated carbocycles. The Morgan fingerprint density at radius 1 is 1.25 bits per heavy atom. The number of ether oxygens (including phenoxy) is 1. The number of alkyl carbamates (subject to hydrolysis) is 1. The minimum atomic E-state index is -0.739. The first-order chi connectivity index (χ1) is 11.2. The van der Waals surface area contributed by atoms with Crippen LogP contribution in [0.3, 0.4) is 0 Å². The van der Waals surface area contributed by atoms with Crippen LogP contribution in [-0.2, 0) is 9.53 Å². The summed E-state index contributed by atoms with van der Waals surface area (Å²) in [7, 11) is 0. The average molecular weight is 332 g/mol. The third-order valence-electron chi connectivity index (χ3n) is 3.76. The molecule has 0 unspecified atom stereocenters. The topological polar surface area (TPSA) is 75.7 Å². The van der Waals surface area contributed by atoms with Crippen molar-refractivity contribution in [3.63, 3.8) is 0 Å². The Bertz CT molecular complexity index is 649. The molecule has 1 aliphatic rings. The van der Waals surface area contributed by atoms with Gasteiger partial charge in [-0.3, -0.25) is 14.9 Å². The maximum absolute atomic E-state index is 12.4. The number of nitrogens with one attached hydrogen (secondary N) is 1. The lowest BCUT2D eigenvalue weighted by Gasteiger charge is -2.26. The second-order valence-electron chi connectivity index (χ2n) is 6.95. The van der Waals surface area contributed by atoms with Crippen LogP contribution in [0.15, 0.2) is 24.3 Å². The number of anilines is 1. The lowest BCUT2D eigenvalue weighted by Crippen LogP contribution is -2.47. The zero-order chi connectivity index (χ0) is 17.9. The number of Topliss-reactive ketones (excluding diaryl/α,β-unsaturated/α-hetero) is 1. The Kier molecular flexibility index (Phi) is 5.26. The number of ketones is 1. The minimum absolute atomic E-state index is 0.0224. The van der Waals surface area contributed by atoms with Gasteiger partial charge < -0.3 is 9.64 Å². The van der Waals surface area contributed by atoms with Crippen molar-refractivity contribution in [2.45, 2.75) is 52.2 Å². The number of imide groups is 1. The van der Waals surface area contributed by atoms with Crippen LogP contribution < -0.4 is 10.2 Å². The van der Waals surface area contributed by atoms with Crippen LogP contribution in [0.1, 0.15) is 50.9 Å². The Labute approximate surface area is 142 Å². The predicted molar refractivity (Wildman–Crippen MR) is 91.2 cm³/mol. The van der Waals surface area contributed by atoms with Crippen molar-refractivity contribution in [3.8, 4) is 0 Å². The summed E-state index contributed by atoms with van der Waals surface area (Å²) in [6.07, 6.45) is 0.757. The molecule has 2 amide bonds. The van der Waals surface area contributed by atoms with Gasteiger partial charge in [0, 0.05) is 17.8 Å². The molecule has 0 radical (unpaired) electrons. The fourth-order valence-electron chi connectivity index (χ4n) is 2.74. The summed E-state index contributed by atoms with van der Waals surface area (Å²) in [5.41, 5.74) is 0.755. The van der Waals surface area contributed by atoms with Gasteiger partial charge in [-0.05, 0) is 52.7 Å². The van der Waals surface area contributed by atoms with Gasteiger partial charge in [0.1, 0.15) is 11.6 Å². The van der Waals surface area contributed by atoms with E-state index in [4.69, 9.17) is 4.74 Å². The number of hydrogen-bond acceptors (Lipinski definition) is 5. The average Bonchev–Trinajstić information content (AvgIpc) is 2.94. The molecule has 0 aliphatic carbocycles. The van der Waals surface area contributed by atoms with Crippen molar-refractivity contribution < 1.29 is 19.1 Å². The van der Waals surface area contributed by atoms with Crippen LogP contribution in [0.4, 0.5) is 10.5 Å². The van der Waals surface area contributed by atoms with E-state index in [1.54, 1.807) is 39.0 Å². The van der Waals surface area contributed by atoms with E-state index < -0.39 is 17.7 Å². The summed E-state index contributed by atoms with van der Waals surface area (Å²) < 4.78 is 5.13. The van der Waals surface area contributed by atoms with Gasteiger partial charge in [0.15, 0.2) is 5.78 Å². The lowest BCUT2D eigenvalue weighted by molar-refractivity contribution is -0.121. The summed E-state index contributed by atoms with van der Waals surface area (Å²) in [6, 6.07) is 6.75. The Balaban J connectivity index is 2.10. The van der Waals surface area contributed by atoms with E-state index in [-0.39, 0.29) is 11.7 Å². The monoisotopic (exact) mass is 332 g/mol. The maximum Gasteiger partial charge on any atom is 0.414 e. The second kappa shape index (κ2) is 7.03. The van der Waals surface area contributed by atoms with Gasteiger partial charge in [-0.1, -0.05) is 12.1 Å². The molecule has 0 spiro atoms. The first-order valence-corrected chi connectivity index (χ1v) is 8.09. The molecule has 1 aliphatic heterocycles. The van der Waals surface area contributed by atoms with Crippen molar-refractivity contribution in [1.82, 2.24) is 5.32 Å². The van der Waals surface area contributed by atoms with Crippen molar-refractivity contribution in [3.05, 3.63) is 29.8 Å². The van der Waals surface area contributed by atoms with Gasteiger partial charge in [-0.2, -0.15) is 0 Å². The number of carbonyl (C=O) groups excluding carboxylic acids is 3. The van der Waals surface area contributed by atoms with Gasteiger partial charge in [0.25, 0.3) is 5.91 Å². The van der Waals surface area contributed by atoms with E-state index in [0.717, 1.165) is 12.1 Å². The maximum atomic E-state index is 12.4. The molecule has 1 fully saturated rings. The van der Waals surface area contributed by atoms with E-state index in [1.165, 1.54) is 6.92 Å². The number of carbonyl (C=O) groups is 3. The quantitative estimate of drug-likeness (QED) is 0.861. The highest BCUT2D eigenvalue weighted by atomic mass is 16.6. The predicted octanol–water partition coefficient (Wildman–Crippen LogP) is 2.91. The highest BCUT2D eigenvalue weighted by Gasteiger charge is 2.32. The van der Waals surface area contributed by atoms with Gasteiger partial charge >= 0.3 is 6.09 Å². The number of amides is 2. The first kappa shape index (κ1) is 18.0. The molecule has 6 nitrogen and oxygen atoms in total. The summed E-state index contributed by atoms with van der Waals surface area (Å²) in [4.78, 5) is 37.7. The summed E-state index contributed by atoms with van der Waals surface area (Å²) in [5.74, 6) is -0.402. The van der Waals surface area contributed by atoms with Crippen LogP contribution in [-0.4, -0.2) is 36.0 Å². The van der Waals surface area contributed by atoms with Crippen LogP contribution >= 0.6 is 0 Å². The molecule has 1 atom stereocenters. The van der Waals surface area contributed by atoms with Crippen LogP contribution in [0.5, 0.6) is 0 Å². The number of rotatable bonds is 3. The smallest absolute Gasteiger partial charge is 0.414 e. The molecule has 24 heavy (non-hydrogen) atoms. The fourth-order valence-corrected chi connectivity index (χ4v) is 2.74. The molecular formula is C18H24N2O4. The largest absolute Gasteiger partial charge is 0.444 e. The van der Waals surface area contributed by atoms with Crippen molar-refractivity contribution in [2.75, 3.05) is 11.4 Å². The normalized spacial score (nSPS) is 17.5. The number of benzene rings is 1. The summed E-state index contributed by atoms with van der Waals surface area (Å²) >= 11 is 0.